The molecule has 1 aromatic rings. The Hall–Kier alpha value is -1.08. The molecule has 0 heterocycles. The van der Waals surface area contributed by atoms with Crippen molar-refractivity contribution in [3.05, 3.63) is 41.5 Å². The number of hydrogen-bond donors (Lipinski definition) is 1. The molecular weight excluding hydrogens is 194 g/mol. The van der Waals surface area contributed by atoms with E-state index in [1.807, 2.05) is 6.08 Å². The Bertz CT molecular complexity index is 341. The van der Waals surface area contributed by atoms with Gasteiger partial charge in [-0.1, -0.05) is 44.7 Å². The summed E-state index contributed by atoms with van der Waals surface area (Å²) in [5.74, 6) is 0.574. The van der Waals surface area contributed by atoms with Crippen molar-refractivity contribution in [2.24, 2.45) is 0 Å². The summed E-state index contributed by atoms with van der Waals surface area (Å²) >= 11 is 0. The fourth-order valence-electron chi connectivity index (χ4n) is 1.98. The van der Waals surface area contributed by atoms with Gasteiger partial charge in [0.25, 0.3) is 0 Å². The summed E-state index contributed by atoms with van der Waals surface area (Å²) in [5, 5.41) is 3.47. The van der Waals surface area contributed by atoms with Crippen LogP contribution >= 0.6 is 0 Å². The van der Waals surface area contributed by atoms with Crippen molar-refractivity contribution in [2.75, 3.05) is 13.1 Å². The molecule has 0 amide bonds. The molecule has 0 aliphatic carbocycles. The highest BCUT2D eigenvalue weighted by Gasteiger charge is 2.07. The van der Waals surface area contributed by atoms with Gasteiger partial charge in [-0.15, -0.1) is 0 Å². The summed E-state index contributed by atoms with van der Waals surface area (Å²) in [6, 6.07) is 6.58. The van der Waals surface area contributed by atoms with E-state index in [1.165, 1.54) is 23.1 Å². The van der Waals surface area contributed by atoms with Crippen LogP contribution in [0.15, 0.2) is 24.8 Å². The van der Waals surface area contributed by atoms with Gasteiger partial charge in [0.2, 0.25) is 0 Å². The minimum Gasteiger partial charge on any atom is -0.316 e. The molecule has 0 fully saturated rings. The molecule has 1 unspecified atom stereocenters. The van der Waals surface area contributed by atoms with Crippen molar-refractivity contribution in [1.82, 2.24) is 5.32 Å². The maximum absolute atomic E-state index is 3.79. The molecule has 0 radical (unpaired) electrons. The molecule has 0 aliphatic heterocycles. The average Bonchev–Trinajstić information content (AvgIpc) is 2.29. The van der Waals surface area contributed by atoms with Crippen molar-refractivity contribution in [1.29, 1.82) is 0 Å². The second kappa shape index (κ2) is 6.49. The Morgan fingerprint density at radius 2 is 2.19 bits per heavy atom. The predicted molar refractivity (Wildman–Crippen MR) is 72.8 cm³/mol. The lowest BCUT2D eigenvalue weighted by atomic mass is 9.94. The maximum Gasteiger partial charge on any atom is 0.00175 e. The lowest BCUT2D eigenvalue weighted by molar-refractivity contribution is 0.607. The topological polar surface area (TPSA) is 12.0 Å². The summed E-state index contributed by atoms with van der Waals surface area (Å²) in [6.45, 7) is 12.6. The van der Waals surface area contributed by atoms with Crippen molar-refractivity contribution >= 4 is 6.08 Å². The first-order valence-corrected chi connectivity index (χ1v) is 6.12. The van der Waals surface area contributed by atoms with Gasteiger partial charge in [-0.3, -0.25) is 0 Å². The van der Waals surface area contributed by atoms with E-state index in [0.29, 0.717) is 5.92 Å². The van der Waals surface area contributed by atoms with Gasteiger partial charge >= 0.3 is 0 Å². The molecule has 0 bridgehead atoms. The van der Waals surface area contributed by atoms with Crippen molar-refractivity contribution in [3.63, 3.8) is 0 Å². The zero-order valence-electron chi connectivity index (χ0n) is 10.7. The Balaban J connectivity index is 2.68. The summed E-state index contributed by atoms with van der Waals surface area (Å²) < 4.78 is 0. The van der Waals surface area contributed by atoms with Crippen molar-refractivity contribution < 1.29 is 0 Å². The van der Waals surface area contributed by atoms with Crippen LogP contribution in [0.3, 0.4) is 0 Å². The molecule has 1 N–H and O–H groups in total. The van der Waals surface area contributed by atoms with Crippen LogP contribution in [0.1, 0.15) is 42.9 Å². The highest BCUT2D eigenvalue weighted by Crippen LogP contribution is 2.20. The molecule has 1 atom stereocenters. The van der Waals surface area contributed by atoms with E-state index < -0.39 is 0 Å². The highest BCUT2D eigenvalue weighted by atomic mass is 14.8. The van der Waals surface area contributed by atoms with Crippen LogP contribution in [0, 0.1) is 6.92 Å². The minimum absolute atomic E-state index is 0.574. The second-order valence-corrected chi connectivity index (χ2v) is 4.43. The summed E-state index contributed by atoms with van der Waals surface area (Å²) in [4.78, 5) is 0. The summed E-state index contributed by atoms with van der Waals surface area (Å²) in [6.07, 6.45) is 3.10. The van der Waals surface area contributed by atoms with Crippen LogP contribution in [0.4, 0.5) is 0 Å². The number of rotatable bonds is 6. The summed E-state index contributed by atoms with van der Waals surface area (Å²) in [7, 11) is 0. The number of aryl methyl sites for hydroxylation is 1. The fourth-order valence-corrected chi connectivity index (χ4v) is 1.98. The van der Waals surface area contributed by atoms with E-state index in [2.05, 4.69) is 50.9 Å². The monoisotopic (exact) mass is 217 g/mol. The van der Waals surface area contributed by atoms with E-state index in [9.17, 15) is 0 Å². The van der Waals surface area contributed by atoms with Gasteiger partial charge in [0, 0.05) is 6.54 Å². The van der Waals surface area contributed by atoms with Gasteiger partial charge in [-0.25, -0.2) is 0 Å². The molecule has 1 nitrogen and oxygen atoms in total. The third-order valence-electron chi connectivity index (χ3n) is 2.94. The zero-order valence-corrected chi connectivity index (χ0v) is 10.7. The smallest absolute Gasteiger partial charge is 0.00175 e. The van der Waals surface area contributed by atoms with Gasteiger partial charge in [0.15, 0.2) is 0 Å². The minimum atomic E-state index is 0.574. The molecule has 88 valence electrons. The van der Waals surface area contributed by atoms with E-state index in [1.54, 1.807) is 0 Å². The average molecular weight is 217 g/mol. The Morgan fingerprint density at radius 1 is 1.44 bits per heavy atom. The highest BCUT2D eigenvalue weighted by molar-refractivity contribution is 5.50. The van der Waals surface area contributed by atoms with E-state index >= 15 is 0 Å². The Morgan fingerprint density at radius 3 is 2.75 bits per heavy atom. The third kappa shape index (κ3) is 3.49. The van der Waals surface area contributed by atoms with Gasteiger partial charge in [-0.2, -0.15) is 0 Å². The van der Waals surface area contributed by atoms with E-state index in [-0.39, 0.29) is 0 Å². The van der Waals surface area contributed by atoms with Crippen LogP contribution in [-0.4, -0.2) is 13.1 Å². The Kier molecular flexibility index (Phi) is 5.27. The van der Waals surface area contributed by atoms with Crippen LogP contribution < -0.4 is 5.32 Å². The number of benzene rings is 1. The first kappa shape index (κ1) is 13.0. The zero-order chi connectivity index (χ0) is 12.0. The molecule has 0 aliphatic rings. The molecule has 0 aromatic heterocycles. The van der Waals surface area contributed by atoms with Crippen molar-refractivity contribution in [3.8, 4) is 0 Å². The number of nitrogens with one attached hydrogen (secondary N) is 1. The lowest BCUT2D eigenvalue weighted by Crippen LogP contribution is -2.21. The maximum atomic E-state index is 3.79. The molecule has 1 rings (SSSR count). The molecular formula is C15H23N. The van der Waals surface area contributed by atoms with Gasteiger partial charge in [0.05, 0.1) is 0 Å². The van der Waals surface area contributed by atoms with Gasteiger partial charge < -0.3 is 5.32 Å². The second-order valence-electron chi connectivity index (χ2n) is 4.43. The van der Waals surface area contributed by atoms with Gasteiger partial charge in [-0.05, 0) is 42.5 Å². The molecule has 16 heavy (non-hydrogen) atoms. The number of hydrogen-bond acceptors (Lipinski definition) is 1. The lowest BCUT2D eigenvalue weighted by Gasteiger charge is -2.15. The van der Waals surface area contributed by atoms with Crippen LogP contribution in [-0.2, 0) is 0 Å². The molecule has 1 aromatic carbocycles. The fraction of sp³-hybridized carbons (Fsp3) is 0.467. The Labute approximate surface area is 99.6 Å². The first-order valence-electron chi connectivity index (χ1n) is 6.12. The normalized spacial score (nSPS) is 12.4. The van der Waals surface area contributed by atoms with Crippen molar-refractivity contribution in [2.45, 2.75) is 33.1 Å². The summed E-state index contributed by atoms with van der Waals surface area (Å²) in [5.41, 5.74) is 4.01. The van der Waals surface area contributed by atoms with E-state index in [4.69, 9.17) is 0 Å². The molecule has 0 spiro atoms. The predicted octanol–water partition coefficient (Wildman–Crippen LogP) is 3.74. The molecule has 0 saturated carbocycles. The standard InChI is InChI=1S/C15H23N/c1-5-9-16-11-13(4)15-8-7-14(6-2)10-12(15)3/h6-8,10,13,16H,2,5,9,11H2,1,3-4H3. The largest absolute Gasteiger partial charge is 0.316 e. The van der Waals surface area contributed by atoms with Crippen LogP contribution in [0.25, 0.3) is 6.08 Å². The van der Waals surface area contributed by atoms with Crippen LogP contribution in [0.2, 0.25) is 0 Å². The molecule has 1 heteroatoms. The van der Waals surface area contributed by atoms with E-state index in [0.717, 1.165) is 13.1 Å². The van der Waals surface area contributed by atoms with Crippen LogP contribution in [0.5, 0.6) is 0 Å². The first-order chi connectivity index (χ1) is 7.69. The quantitative estimate of drug-likeness (QED) is 0.716. The third-order valence-corrected chi connectivity index (χ3v) is 2.94. The molecule has 0 saturated heterocycles. The SMILES string of the molecule is C=Cc1ccc(C(C)CNCCC)c(C)c1. The van der Waals surface area contributed by atoms with Gasteiger partial charge in [0.1, 0.15) is 0 Å².